The highest BCUT2D eigenvalue weighted by atomic mass is 16.3. The van der Waals surface area contributed by atoms with E-state index in [1.165, 1.54) is 11.3 Å². The van der Waals surface area contributed by atoms with Gasteiger partial charge in [0, 0.05) is 19.6 Å². The molecular weight excluding hydrogens is 226 g/mol. The van der Waals surface area contributed by atoms with Gasteiger partial charge in [0.2, 0.25) is 0 Å². The first-order chi connectivity index (χ1) is 8.85. The summed E-state index contributed by atoms with van der Waals surface area (Å²) in [6.07, 6.45) is 0. The van der Waals surface area contributed by atoms with Crippen molar-refractivity contribution in [3.05, 3.63) is 53.3 Å². The van der Waals surface area contributed by atoms with E-state index in [1.807, 2.05) is 16.8 Å². The fourth-order valence-electron chi connectivity index (χ4n) is 2.43. The molecule has 4 nitrogen and oxygen atoms in total. The van der Waals surface area contributed by atoms with Crippen LogP contribution in [0.2, 0.25) is 0 Å². The zero-order valence-electron chi connectivity index (χ0n) is 10.3. The van der Waals surface area contributed by atoms with Crippen molar-refractivity contribution in [1.29, 1.82) is 0 Å². The van der Waals surface area contributed by atoms with Gasteiger partial charge in [0.1, 0.15) is 0 Å². The zero-order valence-corrected chi connectivity index (χ0v) is 10.3. The van der Waals surface area contributed by atoms with E-state index in [0.29, 0.717) is 0 Å². The van der Waals surface area contributed by atoms with Crippen LogP contribution in [0.25, 0.3) is 0 Å². The van der Waals surface area contributed by atoms with Crippen molar-refractivity contribution in [1.82, 2.24) is 14.7 Å². The summed E-state index contributed by atoms with van der Waals surface area (Å²) in [6, 6.07) is 12.5. The van der Waals surface area contributed by atoms with Crippen LogP contribution in [0, 0.1) is 0 Å². The molecular formula is C14H17N3O. The first-order valence-electron chi connectivity index (χ1n) is 6.28. The molecule has 0 amide bonds. The van der Waals surface area contributed by atoms with Crippen molar-refractivity contribution in [2.75, 3.05) is 6.54 Å². The second kappa shape index (κ2) is 4.92. The van der Waals surface area contributed by atoms with E-state index in [9.17, 15) is 0 Å². The summed E-state index contributed by atoms with van der Waals surface area (Å²) in [5.74, 6) is 0. The van der Waals surface area contributed by atoms with Crippen molar-refractivity contribution >= 4 is 0 Å². The van der Waals surface area contributed by atoms with Crippen LogP contribution in [0.5, 0.6) is 0 Å². The van der Waals surface area contributed by atoms with Crippen molar-refractivity contribution < 1.29 is 5.11 Å². The Bertz CT molecular complexity index is 521. The van der Waals surface area contributed by atoms with Gasteiger partial charge in [-0.2, -0.15) is 5.10 Å². The number of nitrogens with zero attached hydrogens (tertiary/aromatic N) is 3. The minimum absolute atomic E-state index is 0.0265. The molecule has 0 unspecified atom stereocenters. The molecule has 1 N–H and O–H groups in total. The first kappa shape index (κ1) is 11.4. The molecule has 0 aliphatic carbocycles. The Morgan fingerprint density at radius 3 is 2.78 bits per heavy atom. The minimum atomic E-state index is 0.0265. The molecule has 0 spiro atoms. The molecule has 18 heavy (non-hydrogen) atoms. The van der Waals surface area contributed by atoms with Gasteiger partial charge < -0.3 is 5.11 Å². The maximum absolute atomic E-state index is 9.10. The Hall–Kier alpha value is -1.65. The van der Waals surface area contributed by atoms with Gasteiger partial charge in [-0.25, -0.2) is 0 Å². The average Bonchev–Trinajstić information content (AvgIpc) is 2.82. The summed E-state index contributed by atoms with van der Waals surface area (Å²) in [4.78, 5) is 2.41. The summed E-state index contributed by atoms with van der Waals surface area (Å²) >= 11 is 0. The Morgan fingerprint density at radius 2 is 2.00 bits per heavy atom. The highest BCUT2D eigenvalue weighted by molar-refractivity contribution is 5.16. The first-order valence-corrected chi connectivity index (χ1v) is 6.28. The van der Waals surface area contributed by atoms with Crippen molar-refractivity contribution in [3.63, 3.8) is 0 Å². The highest BCUT2D eigenvalue weighted by Crippen LogP contribution is 2.16. The van der Waals surface area contributed by atoms with Crippen molar-refractivity contribution in [2.45, 2.75) is 26.2 Å². The molecule has 0 bridgehead atoms. The molecule has 4 heteroatoms. The Balaban J connectivity index is 1.71. The van der Waals surface area contributed by atoms with E-state index >= 15 is 0 Å². The fourth-order valence-corrected chi connectivity index (χ4v) is 2.43. The summed E-state index contributed by atoms with van der Waals surface area (Å²) in [5, 5.41) is 13.4. The lowest BCUT2D eigenvalue weighted by molar-refractivity contribution is 0.204. The van der Waals surface area contributed by atoms with Crippen LogP contribution >= 0.6 is 0 Å². The number of aliphatic hydroxyl groups is 1. The van der Waals surface area contributed by atoms with Crippen LogP contribution in [-0.2, 0) is 26.2 Å². The molecule has 0 fully saturated rings. The molecule has 2 heterocycles. The quantitative estimate of drug-likeness (QED) is 0.885. The molecule has 1 aliphatic heterocycles. The Kier molecular flexibility index (Phi) is 3.13. The van der Waals surface area contributed by atoms with E-state index in [1.54, 1.807) is 0 Å². The van der Waals surface area contributed by atoms with Crippen LogP contribution in [0.3, 0.4) is 0 Å². The Labute approximate surface area is 106 Å². The summed E-state index contributed by atoms with van der Waals surface area (Å²) in [6.45, 7) is 3.82. The maximum atomic E-state index is 9.10. The van der Waals surface area contributed by atoms with Crippen molar-refractivity contribution in [2.24, 2.45) is 0 Å². The van der Waals surface area contributed by atoms with Crippen LogP contribution in [0.1, 0.15) is 17.0 Å². The monoisotopic (exact) mass is 243 g/mol. The third-order valence-electron chi connectivity index (χ3n) is 3.34. The second-order valence-electron chi connectivity index (χ2n) is 4.70. The fraction of sp³-hybridized carbons (Fsp3) is 0.357. The molecule has 0 saturated carbocycles. The average molecular weight is 243 g/mol. The van der Waals surface area contributed by atoms with Crippen LogP contribution in [0.15, 0.2) is 36.4 Å². The predicted octanol–water partition coefficient (Wildman–Crippen LogP) is 1.39. The van der Waals surface area contributed by atoms with Gasteiger partial charge in [0.05, 0.1) is 24.5 Å². The molecule has 0 atom stereocenters. The van der Waals surface area contributed by atoms with E-state index in [0.717, 1.165) is 31.9 Å². The number of rotatable bonds is 3. The number of aliphatic hydroxyl groups excluding tert-OH is 1. The van der Waals surface area contributed by atoms with E-state index < -0.39 is 0 Å². The molecule has 2 aromatic rings. The van der Waals surface area contributed by atoms with E-state index in [-0.39, 0.29) is 6.61 Å². The van der Waals surface area contributed by atoms with Gasteiger partial charge in [-0.15, -0.1) is 0 Å². The molecule has 0 saturated heterocycles. The van der Waals surface area contributed by atoms with Crippen molar-refractivity contribution in [3.8, 4) is 0 Å². The van der Waals surface area contributed by atoms with Gasteiger partial charge in [0.25, 0.3) is 0 Å². The molecule has 3 rings (SSSR count). The lowest BCUT2D eigenvalue weighted by Crippen LogP contribution is -2.33. The predicted molar refractivity (Wildman–Crippen MR) is 68.7 cm³/mol. The van der Waals surface area contributed by atoms with Crippen LogP contribution in [0.4, 0.5) is 0 Å². The van der Waals surface area contributed by atoms with Gasteiger partial charge >= 0.3 is 0 Å². The molecule has 1 aromatic carbocycles. The third-order valence-corrected chi connectivity index (χ3v) is 3.34. The number of aromatic nitrogens is 2. The van der Waals surface area contributed by atoms with Gasteiger partial charge in [-0.1, -0.05) is 30.3 Å². The SMILES string of the molecule is OCc1cc2n(n1)CCN(Cc1ccccc1)C2. The summed E-state index contributed by atoms with van der Waals surface area (Å²) in [7, 11) is 0. The molecule has 0 radical (unpaired) electrons. The number of benzene rings is 1. The normalized spacial score (nSPS) is 15.6. The molecule has 1 aromatic heterocycles. The number of hydrogen-bond acceptors (Lipinski definition) is 3. The number of fused-ring (bicyclic) bond motifs is 1. The maximum Gasteiger partial charge on any atom is 0.0882 e. The van der Waals surface area contributed by atoms with Gasteiger partial charge in [-0.3, -0.25) is 9.58 Å². The van der Waals surface area contributed by atoms with E-state index in [4.69, 9.17) is 5.11 Å². The highest BCUT2D eigenvalue weighted by Gasteiger charge is 2.17. The van der Waals surface area contributed by atoms with Crippen LogP contribution in [-0.4, -0.2) is 26.3 Å². The smallest absolute Gasteiger partial charge is 0.0882 e. The Morgan fingerprint density at radius 1 is 1.17 bits per heavy atom. The van der Waals surface area contributed by atoms with Crippen LogP contribution < -0.4 is 0 Å². The lowest BCUT2D eigenvalue weighted by atomic mass is 10.2. The standard InChI is InChI=1S/C14H17N3O/c18-11-13-8-14-10-16(6-7-17(14)15-13)9-12-4-2-1-3-5-12/h1-5,8,18H,6-7,9-11H2. The summed E-state index contributed by atoms with van der Waals surface area (Å²) < 4.78 is 2.01. The second-order valence-corrected chi connectivity index (χ2v) is 4.70. The zero-order chi connectivity index (χ0) is 12.4. The number of hydrogen-bond donors (Lipinski definition) is 1. The third kappa shape index (κ3) is 2.30. The van der Waals surface area contributed by atoms with E-state index in [2.05, 4.69) is 34.3 Å². The minimum Gasteiger partial charge on any atom is -0.390 e. The molecule has 1 aliphatic rings. The van der Waals surface area contributed by atoms with Gasteiger partial charge in [0.15, 0.2) is 0 Å². The van der Waals surface area contributed by atoms with Gasteiger partial charge in [-0.05, 0) is 11.6 Å². The molecule has 94 valence electrons. The lowest BCUT2D eigenvalue weighted by Gasteiger charge is -2.27. The summed E-state index contributed by atoms with van der Waals surface area (Å²) in [5.41, 5.74) is 3.31. The topological polar surface area (TPSA) is 41.3 Å². The largest absolute Gasteiger partial charge is 0.390 e.